The van der Waals surface area contributed by atoms with E-state index >= 15 is 0 Å². The van der Waals surface area contributed by atoms with Crippen molar-refractivity contribution in [1.29, 1.82) is 0 Å². The molecule has 3 N–H and O–H groups in total. The lowest BCUT2D eigenvalue weighted by Crippen LogP contribution is -2.38. The van der Waals surface area contributed by atoms with E-state index in [2.05, 4.69) is 10.3 Å². The van der Waals surface area contributed by atoms with E-state index in [-0.39, 0.29) is 29.4 Å². The van der Waals surface area contributed by atoms with Gasteiger partial charge in [-0.2, -0.15) is 0 Å². The first-order valence-corrected chi connectivity index (χ1v) is 6.29. The van der Waals surface area contributed by atoms with Crippen LogP contribution >= 0.6 is 0 Å². The van der Waals surface area contributed by atoms with E-state index < -0.39 is 4.92 Å². The van der Waals surface area contributed by atoms with Crippen molar-refractivity contribution in [2.45, 2.75) is 25.7 Å². The van der Waals surface area contributed by atoms with E-state index in [1.165, 1.54) is 12.1 Å². The monoisotopic (exact) mass is 267 g/mol. The minimum Gasteiger partial charge on any atom is -0.396 e. The van der Waals surface area contributed by atoms with E-state index in [0.717, 1.165) is 25.7 Å². The Morgan fingerprint density at radius 1 is 1.47 bits per heavy atom. The Morgan fingerprint density at radius 3 is 2.68 bits per heavy atom. The Balaban J connectivity index is 1.95. The van der Waals surface area contributed by atoms with Crippen molar-refractivity contribution < 1.29 is 14.8 Å². The van der Waals surface area contributed by atoms with Crippen LogP contribution in [0.3, 0.4) is 0 Å². The van der Waals surface area contributed by atoms with Crippen LogP contribution in [0.4, 0.5) is 5.82 Å². The second kappa shape index (κ2) is 5.40. The van der Waals surface area contributed by atoms with Gasteiger partial charge in [-0.1, -0.05) is 12.8 Å². The standard InChI is InChI=1S/C12H17N3O4/c16-8-12(5-1-2-6-12)7-13-11(17)9-3-4-10(14-9)15(18)19/h3-4,14,16H,1-2,5-8H2,(H,13,17). The Morgan fingerprint density at radius 2 is 2.16 bits per heavy atom. The third kappa shape index (κ3) is 2.93. The van der Waals surface area contributed by atoms with E-state index in [0.29, 0.717) is 6.54 Å². The number of nitrogens with one attached hydrogen (secondary N) is 2. The number of aliphatic hydroxyl groups excluding tert-OH is 1. The molecule has 0 aromatic carbocycles. The first-order valence-electron chi connectivity index (χ1n) is 6.29. The highest BCUT2D eigenvalue weighted by Gasteiger charge is 2.33. The summed E-state index contributed by atoms with van der Waals surface area (Å²) in [5, 5.41) is 22.7. The fourth-order valence-corrected chi connectivity index (χ4v) is 2.50. The van der Waals surface area contributed by atoms with Crippen molar-refractivity contribution in [3.63, 3.8) is 0 Å². The molecule has 0 spiro atoms. The van der Waals surface area contributed by atoms with Crippen molar-refractivity contribution in [3.05, 3.63) is 27.9 Å². The Hall–Kier alpha value is -1.89. The second-order valence-corrected chi connectivity index (χ2v) is 5.06. The van der Waals surface area contributed by atoms with Crippen molar-refractivity contribution in [2.75, 3.05) is 13.2 Å². The van der Waals surface area contributed by atoms with Gasteiger partial charge >= 0.3 is 5.82 Å². The Kier molecular flexibility index (Phi) is 3.84. The molecule has 1 aromatic rings. The molecule has 0 radical (unpaired) electrons. The van der Waals surface area contributed by atoms with Crippen LogP contribution in [0.15, 0.2) is 12.1 Å². The van der Waals surface area contributed by atoms with Gasteiger partial charge in [-0.25, -0.2) is 4.98 Å². The molecule has 104 valence electrons. The zero-order valence-electron chi connectivity index (χ0n) is 10.5. The minimum absolute atomic E-state index is 0.0537. The van der Waals surface area contributed by atoms with Crippen molar-refractivity contribution in [3.8, 4) is 0 Å². The number of hydrogen-bond donors (Lipinski definition) is 3. The van der Waals surface area contributed by atoms with Gasteiger partial charge in [-0.15, -0.1) is 0 Å². The molecule has 19 heavy (non-hydrogen) atoms. The van der Waals surface area contributed by atoms with E-state index in [4.69, 9.17) is 0 Å². The second-order valence-electron chi connectivity index (χ2n) is 5.06. The van der Waals surface area contributed by atoms with Gasteiger partial charge in [-0.05, 0) is 23.8 Å². The zero-order chi connectivity index (χ0) is 13.9. The van der Waals surface area contributed by atoms with Crippen LogP contribution in [0.5, 0.6) is 0 Å². The van der Waals surface area contributed by atoms with E-state index in [1.807, 2.05) is 0 Å². The average Bonchev–Trinajstić information content (AvgIpc) is 3.06. The predicted molar refractivity (Wildman–Crippen MR) is 67.8 cm³/mol. The van der Waals surface area contributed by atoms with Gasteiger partial charge < -0.3 is 20.5 Å². The summed E-state index contributed by atoms with van der Waals surface area (Å²) in [5.41, 5.74) is -0.0634. The van der Waals surface area contributed by atoms with Gasteiger partial charge in [0.2, 0.25) is 0 Å². The summed E-state index contributed by atoms with van der Waals surface area (Å²) in [6.07, 6.45) is 3.91. The summed E-state index contributed by atoms with van der Waals surface area (Å²) in [6, 6.07) is 2.64. The summed E-state index contributed by atoms with van der Waals surface area (Å²) in [5.74, 6) is -0.587. The lowest BCUT2D eigenvalue weighted by atomic mass is 9.87. The predicted octanol–water partition coefficient (Wildman–Crippen LogP) is 1.21. The van der Waals surface area contributed by atoms with Crippen LogP contribution in [0.2, 0.25) is 0 Å². The number of rotatable bonds is 5. The molecule has 1 aliphatic rings. The highest BCUT2D eigenvalue weighted by molar-refractivity contribution is 5.92. The number of H-pyrrole nitrogens is 1. The quantitative estimate of drug-likeness (QED) is 0.550. The van der Waals surface area contributed by atoms with Crippen LogP contribution in [0.1, 0.15) is 36.2 Å². The van der Waals surface area contributed by atoms with Gasteiger partial charge in [0.25, 0.3) is 5.91 Å². The maximum absolute atomic E-state index is 11.8. The van der Waals surface area contributed by atoms with Crippen LogP contribution in [0, 0.1) is 15.5 Å². The van der Waals surface area contributed by atoms with Crippen molar-refractivity contribution >= 4 is 11.7 Å². The van der Waals surface area contributed by atoms with Gasteiger partial charge in [0.1, 0.15) is 0 Å². The molecule has 0 aliphatic heterocycles. The first kappa shape index (κ1) is 13.5. The molecule has 2 rings (SSSR count). The van der Waals surface area contributed by atoms with Gasteiger partial charge in [0.15, 0.2) is 5.69 Å². The van der Waals surface area contributed by atoms with Crippen molar-refractivity contribution in [1.82, 2.24) is 10.3 Å². The summed E-state index contributed by atoms with van der Waals surface area (Å²) in [6.45, 7) is 0.452. The summed E-state index contributed by atoms with van der Waals surface area (Å²) in [4.78, 5) is 24.2. The topological polar surface area (TPSA) is 108 Å². The van der Waals surface area contributed by atoms with E-state index in [1.54, 1.807) is 0 Å². The number of aromatic amines is 1. The largest absolute Gasteiger partial charge is 0.396 e. The van der Waals surface area contributed by atoms with Crippen molar-refractivity contribution in [2.24, 2.45) is 5.41 Å². The Labute approximate surface area is 110 Å². The molecule has 0 atom stereocenters. The molecule has 1 heterocycles. The highest BCUT2D eigenvalue weighted by atomic mass is 16.6. The number of aliphatic hydroxyl groups is 1. The smallest absolute Gasteiger partial charge is 0.321 e. The lowest BCUT2D eigenvalue weighted by Gasteiger charge is -2.26. The molecule has 0 saturated heterocycles. The van der Waals surface area contributed by atoms with Crippen LogP contribution in [-0.2, 0) is 0 Å². The Bertz CT molecular complexity index is 477. The number of carbonyl (C=O) groups is 1. The molecule has 1 aromatic heterocycles. The third-order valence-corrected chi connectivity index (χ3v) is 3.74. The van der Waals surface area contributed by atoms with Gasteiger partial charge in [-0.3, -0.25) is 4.79 Å². The average molecular weight is 267 g/mol. The number of hydrogen-bond acceptors (Lipinski definition) is 4. The molecular weight excluding hydrogens is 250 g/mol. The number of nitro groups is 1. The fraction of sp³-hybridized carbons (Fsp3) is 0.583. The van der Waals surface area contributed by atoms with Crippen LogP contribution < -0.4 is 5.32 Å². The number of carbonyl (C=O) groups excluding carboxylic acids is 1. The molecule has 0 bridgehead atoms. The molecule has 7 heteroatoms. The summed E-state index contributed by atoms with van der Waals surface area (Å²) >= 11 is 0. The SMILES string of the molecule is O=C(NCC1(CO)CCCC1)c1ccc([N+](=O)[O-])[nH]1. The molecule has 1 aliphatic carbocycles. The zero-order valence-corrected chi connectivity index (χ0v) is 10.5. The molecule has 1 amide bonds. The third-order valence-electron chi connectivity index (χ3n) is 3.74. The number of aromatic nitrogens is 1. The molecule has 0 unspecified atom stereocenters. The number of nitrogens with zero attached hydrogens (tertiary/aromatic N) is 1. The van der Waals surface area contributed by atoms with E-state index in [9.17, 15) is 20.0 Å². The van der Waals surface area contributed by atoms with Crippen LogP contribution in [0.25, 0.3) is 0 Å². The normalized spacial score (nSPS) is 17.3. The first-order chi connectivity index (χ1) is 9.06. The minimum atomic E-state index is -0.580. The van der Waals surface area contributed by atoms with Gasteiger partial charge in [0, 0.05) is 18.0 Å². The molecule has 1 saturated carbocycles. The van der Waals surface area contributed by atoms with Crippen LogP contribution in [-0.4, -0.2) is 34.1 Å². The molecule has 1 fully saturated rings. The highest BCUT2D eigenvalue weighted by Crippen LogP contribution is 2.36. The molecule has 7 nitrogen and oxygen atoms in total. The maximum Gasteiger partial charge on any atom is 0.321 e. The molecular formula is C12H17N3O4. The fourth-order valence-electron chi connectivity index (χ4n) is 2.50. The maximum atomic E-state index is 11.8. The lowest BCUT2D eigenvalue weighted by molar-refractivity contribution is -0.389. The number of amides is 1. The van der Waals surface area contributed by atoms with Gasteiger partial charge in [0.05, 0.1) is 6.61 Å². The summed E-state index contributed by atoms with van der Waals surface area (Å²) in [7, 11) is 0. The summed E-state index contributed by atoms with van der Waals surface area (Å²) < 4.78 is 0.